The zero-order valence-corrected chi connectivity index (χ0v) is 21.9. The van der Waals surface area contributed by atoms with E-state index in [0.29, 0.717) is 37.9 Å². The summed E-state index contributed by atoms with van der Waals surface area (Å²) in [6.07, 6.45) is -0.848. The molecule has 0 amide bonds. The normalized spacial score (nSPS) is 15.2. The molecule has 0 aromatic heterocycles. The van der Waals surface area contributed by atoms with E-state index in [2.05, 4.69) is 0 Å². The molecule has 0 N–H and O–H groups in total. The minimum absolute atomic E-state index is 0.424. The molecule has 0 spiro atoms. The fourth-order valence-corrected chi connectivity index (χ4v) is 4.84. The van der Waals surface area contributed by atoms with Crippen LogP contribution >= 0.6 is 0 Å². The first-order valence-corrected chi connectivity index (χ1v) is 12.9. The van der Waals surface area contributed by atoms with Crippen LogP contribution in [-0.4, -0.2) is 40.6 Å². The molecule has 4 aromatic carbocycles. The standard InChI is InChI=1S/C32H30O7/c1-33-25-9-3-21(4-10-25)31(23-7-13-27-29(19-23)37-17-15-35-27)39-32(22-5-11-26(34-2)12-6-22)24-8-14-28-30(20-24)38-18-16-36-28/h3-14,19-20,31-32H,15-18H2,1-2H3. The molecule has 7 heteroatoms. The number of rotatable bonds is 8. The van der Waals surface area contributed by atoms with Gasteiger partial charge in [-0.25, -0.2) is 0 Å². The molecule has 2 unspecified atom stereocenters. The van der Waals surface area contributed by atoms with Crippen molar-refractivity contribution in [2.45, 2.75) is 12.2 Å². The van der Waals surface area contributed by atoms with Crippen LogP contribution in [0.5, 0.6) is 34.5 Å². The summed E-state index contributed by atoms with van der Waals surface area (Å²) >= 11 is 0. The second-order valence-corrected chi connectivity index (χ2v) is 9.25. The van der Waals surface area contributed by atoms with Crippen molar-refractivity contribution in [2.24, 2.45) is 0 Å². The van der Waals surface area contributed by atoms with E-state index in [1.54, 1.807) is 14.2 Å². The van der Waals surface area contributed by atoms with Crippen molar-refractivity contribution in [3.63, 3.8) is 0 Å². The Kier molecular flexibility index (Phi) is 7.15. The molecule has 0 saturated heterocycles. The van der Waals surface area contributed by atoms with Crippen molar-refractivity contribution in [1.82, 2.24) is 0 Å². The Hall–Kier alpha value is -4.36. The molecule has 2 aliphatic rings. The van der Waals surface area contributed by atoms with E-state index < -0.39 is 12.2 Å². The molecule has 2 atom stereocenters. The molecule has 6 rings (SSSR count). The van der Waals surface area contributed by atoms with Gasteiger partial charge >= 0.3 is 0 Å². The summed E-state index contributed by atoms with van der Waals surface area (Å²) in [5.41, 5.74) is 3.84. The summed E-state index contributed by atoms with van der Waals surface area (Å²) in [4.78, 5) is 0. The second-order valence-electron chi connectivity index (χ2n) is 9.25. The van der Waals surface area contributed by atoms with Gasteiger partial charge in [0.25, 0.3) is 0 Å². The van der Waals surface area contributed by atoms with Crippen LogP contribution in [-0.2, 0) is 4.74 Å². The van der Waals surface area contributed by atoms with Gasteiger partial charge in [-0.15, -0.1) is 0 Å². The van der Waals surface area contributed by atoms with Gasteiger partial charge in [0.2, 0.25) is 0 Å². The summed E-state index contributed by atoms with van der Waals surface area (Å²) in [5, 5.41) is 0. The number of hydrogen-bond acceptors (Lipinski definition) is 7. The molecular formula is C32H30O7. The largest absolute Gasteiger partial charge is 0.497 e. The molecule has 7 nitrogen and oxygen atoms in total. The monoisotopic (exact) mass is 526 g/mol. The van der Waals surface area contributed by atoms with E-state index in [4.69, 9.17) is 33.2 Å². The Balaban J connectivity index is 1.44. The van der Waals surface area contributed by atoms with Gasteiger partial charge in [0.05, 0.1) is 14.2 Å². The third-order valence-corrected chi connectivity index (χ3v) is 6.85. The molecule has 0 fully saturated rings. The fourth-order valence-electron chi connectivity index (χ4n) is 4.84. The summed E-state index contributed by atoms with van der Waals surface area (Å²) in [6.45, 7) is 2.09. The van der Waals surface area contributed by atoms with Crippen molar-refractivity contribution in [3.05, 3.63) is 107 Å². The molecule has 0 saturated carbocycles. The van der Waals surface area contributed by atoms with Gasteiger partial charge in [0, 0.05) is 0 Å². The smallest absolute Gasteiger partial charge is 0.161 e. The van der Waals surface area contributed by atoms with Crippen LogP contribution in [0.2, 0.25) is 0 Å². The maximum absolute atomic E-state index is 7.05. The van der Waals surface area contributed by atoms with Crippen molar-refractivity contribution in [3.8, 4) is 34.5 Å². The van der Waals surface area contributed by atoms with Crippen molar-refractivity contribution < 1.29 is 33.2 Å². The van der Waals surface area contributed by atoms with Gasteiger partial charge in [-0.05, 0) is 70.8 Å². The molecular weight excluding hydrogens is 496 g/mol. The Labute approximate surface area is 227 Å². The Morgan fingerprint density at radius 2 is 0.821 bits per heavy atom. The molecule has 200 valence electrons. The van der Waals surface area contributed by atoms with Crippen LogP contribution in [0.15, 0.2) is 84.9 Å². The maximum atomic E-state index is 7.05. The van der Waals surface area contributed by atoms with Gasteiger partial charge < -0.3 is 33.2 Å². The molecule has 2 aliphatic heterocycles. The highest BCUT2D eigenvalue weighted by atomic mass is 16.6. The van der Waals surface area contributed by atoms with Gasteiger partial charge in [0.15, 0.2) is 23.0 Å². The molecule has 0 aliphatic carbocycles. The first-order chi connectivity index (χ1) is 19.2. The number of methoxy groups -OCH3 is 2. The van der Waals surface area contributed by atoms with Crippen LogP contribution < -0.4 is 28.4 Å². The van der Waals surface area contributed by atoms with Crippen molar-refractivity contribution >= 4 is 0 Å². The quantitative estimate of drug-likeness (QED) is 0.273. The lowest BCUT2D eigenvalue weighted by Gasteiger charge is -2.29. The van der Waals surface area contributed by atoms with E-state index >= 15 is 0 Å². The summed E-state index contributed by atoms with van der Waals surface area (Å²) < 4.78 is 41.2. The van der Waals surface area contributed by atoms with Crippen molar-refractivity contribution in [2.75, 3.05) is 40.6 Å². The number of ether oxygens (including phenoxy) is 7. The highest BCUT2D eigenvalue weighted by Gasteiger charge is 2.27. The van der Waals surface area contributed by atoms with E-state index in [9.17, 15) is 0 Å². The summed E-state index contributed by atoms with van der Waals surface area (Å²) in [7, 11) is 3.32. The Morgan fingerprint density at radius 3 is 1.21 bits per heavy atom. The highest BCUT2D eigenvalue weighted by molar-refractivity contribution is 5.48. The van der Waals surface area contributed by atoms with E-state index in [1.807, 2.05) is 84.9 Å². The van der Waals surface area contributed by atoms with E-state index in [1.165, 1.54) is 0 Å². The predicted octanol–water partition coefficient (Wildman–Crippen LogP) is 6.14. The highest BCUT2D eigenvalue weighted by Crippen LogP contribution is 2.42. The van der Waals surface area contributed by atoms with Gasteiger partial charge in [-0.2, -0.15) is 0 Å². The fraction of sp³-hybridized carbons (Fsp3) is 0.250. The summed E-state index contributed by atoms with van der Waals surface area (Å²) in [5.74, 6) is 4.44. The zero-order valence-electron chi connectivity index (χ0n) is 21.9. The van der Waals surface area contributed by atoms with Gasteiger partial charge in [0.1, 0.15) is 50.1 Å². The van der Waals surface area contributed by atoms with Crippen LogP contribution in [0.25, 0.3) is 0 Å². The third-order valence-electron chi connectivity index (χ3n) is 6.85. The van der Waals surface area contributed by atoms with Crippen LogP contribution in [0, 0.1) is 0 Å². The van der Waals surface area contributed by atoms with Crippen molar-refractivity contribution in [1.29, 1.82) is 0 Å². The van der Waals surface area contributed by atoms with Crippen LogP contribution in [0.4, 0.5) is 0 Å². The third kappa shape index (κ3) is 5.31. The number of hydrogen-bond donors (Lipinski definition) is 0. The Bertz CT molecular complexity index is 1310. The van der Waals surface area contributed by atoms with E-state index in [-0.39, 0.29) is 0 Å². The molecule has 39 heavy (non-hydrogen) atoms. The van der Waals surface area contributed by atoms with E-state index in [0.717, 1.165) is 45.3 Å². The maximum Gasteiger partial charge on any atom is 0.161 e. The topological polar surface area (TPSA) is 64.6 Å². The zero-order chi connectivity index (χ0) is 26.6. The average molecular weight is 527 g/mol. The molecule has 4 aromatic rings. The molecule has 2 heterocycles. The molecule has 0 radical (unpaired) electrons. The minimum Gasteiger partial charge on any atom is -0.497 e. The van der Waals surface area contributed by atoms with Gasteiger partial charge in [-0.1, -0.05) is 36.4 Å². The van der Waals surface area contributed by atoms with Crippen LogP contribution in [0.3, 0.4) is 0 Å². The lowest BCUT2D eigenvalue weighted by atomic mass is 9.97. The van der Waals surface area contributed by atoms with Crippen LogP contribution in [0.1, 0.15) is 34.5 Å². The lowest BCUT2D eigenvalue weighted by Crippen LogP contribution is -2.18. The first-order valence-electron chi connectivity index (χ1n) is 12.9. The second kappa shape index (κ2) is 11.2. The Morgan fingerprint density at radius 1 is 0.462 bits per heavy atom. The number of fused-ring (bicyclic) bond motifs is 2. The molecule has 0 bridgehead atoms. The summed E-state index contributed by atoms with van der Waals surface area (Å²) in [6, 6.07) is 27.8. The minimum atomic E-state index is -0.424. The first kappa shape index (κ1) is 24.9. The number of benzene rings is 4. The predicted molar refractivity (Wildman–Crippen MR) is 146 cm³/mol. The average Bonchev–Trinajstić information content (AvgIpc) is 3.01. The SMILES string of the molecule is COc1ccc(C(OC(c2ccc(OC)cc2)c2ccc3c(c2)OCCO3)c2ccc3c(c2)OCCO3)cc1. The van der Waals surface area contributed by atoms with Gasteiger partial charge in [-0.3, -0.25) is 0 Å². The lowest BCUT2D eigenvalue weighted by molar-refractivity contribution is 0.0302.